The normalized spacial score (nSPS) is 19.0. The highest BCUT2D eigenvalue weighted by molar-refractivity contribution is 5.17. The van der Waals surface area contributed by atoms with Gasteiger partial charge in [0.15, 0.2) is 0 Å². The Labute approximate surface area is 121 Å². The second-order valence-corrected chi connectivity index (χ2v) is 5.49. The van der Waals surface area contributed by atoms with Crippen molar-refractivity contribution in [3.05, 3.63) is 71.8 Å². The first-order chi connectivity index (χ1) is 9.83. The number of hydrogen-bond acceptors (Lipinski definition) is 2. The molecular formula is C18H21NO. The Hall–Kier alpha value is -1.64. The third kappa shape index (κ3) is 3.47. The minimum absolute atomic E-state index is 0.405. The lowest BCUT2D eigenvalue weighted by Gasteiger charge is -2.28. The average molecular weight is 267 g/mol. The van der Waals surface area contributed by atoms with Gasteiger partial charge in [-0.15, -0.1) is 0 Å². The molecule has 20 heavy (non-hydrogen) atoms. The molecule has 0 amide bonds. The molecule has 0 N–H and O–H groups in total. The second-order valence-electron chi connectivity index (χ2n) is 5.49. The van der Waals surface area contributed by atoms with E-state index < -0.39 is 0 Å². The van der Waals surface area contributed by atoms with Crippen LogP contribution in [0.25, 0.3) is 0 Å². The van der Waals surface area contributed by atoms with Crippen molar-refractivity contribution in [1.82, 2.24) is 4.90 Å². The first kappa shape index (κ1) is 13.3. The van der Waals surface area contributed by atoms with Gasteiger partial charge in [0.1, 0.15) is 0 Å². The van der Waals surface area contributed by atoms with Crippen molar-refractivity contribution in [3.8, 4) is 0 Å². The van der Waals surface area contributed by atoms with Gasteiger partial charge < -0.3 is 4.74 Å². The first-order valence-electron chi connectivity index (χ1n) is 7.26. The largest absolute Gasteiger partial charge is 0.371 e. The van der Waals surface area contributed by atoms with E-state index in [1.807, 2.05) is 0 Å². The molecule has 0 bridgehead atoms. The summed E-state index contributed by atoms with van der Waals surface area (Å²) in [6, 6.07) is 21.8. The molecule has 1 heterocycles. The summed E-state index contributed by atoms with van der Waals surface area (Å²) < 4.78 is 5.48. The predicted octanol–water partition coefficient (Wildman–Crippen LogP) is 3.48. The van der Waals surface area contributed by atoms with Gasteiger partial charge in [0, 0.05) is 19.1 Å². The summed E-state index contributed by atoms with van der Waals surface area (Å²) >= 11 is 0. The number of benzene rings is 2. The van der Waals surface area contributed by atoms with Gasteiger partial charge in [0.25, 0.3) is 0 Å². The van der Waals surface area contributed by atoms with Crippen LogP contribution in [0.15, 0.2) is 60.7 Å². The third-order valence-electron chi connectivity index (χ3n) is 3.93. The van der Waals surface area contributed by atoms with E-state index in [2.05, 4.69) is 72.5 Å². The van der Waals surface area contributed by atoms with Crippen LogP contribution in [0.3, 0.4) is 0 Å². The molecule has 2 heteroatoms. The summed E-state index contributed by atoms with van der Waals surface area (Å²) in [6.45, 7) is 5.11. The average Bonchev–Trinajstić information content (AvgIpc) is 3.33. The quantitative estimate of drug-likeness (QED) is 0.745. The van der Waals surface area contributed by atoms with E-state index in [0.717, 1.165) is 19.7 Å². The molecule has 2 aromatic carbocycles. The summed E-state index contributed by atoms with van der Waals surface area (Å²) in [5, 5.41) is 0. The van der Waals surface area contributed by atoms with E-state index in [-0.39, 0.29) is 0 Å². The summed E-state index contributed by atoms with van der Waals surface area (Å²) in [7, 11) is 0. The Bertz CT molecular complexity index is 480. The molecule has 104 valence electrons. The second kappa shape index (κ2) is 6.21. The predicted molar refractivity (Wildman–Crippen MR) is 81.3 cm³/mol. The lowest BCUT2D eigenvalue weighted by molar-refractivity contribution is 0.157. The first-order valence-corrected chi connectivity index (χ1v) is 7.26. The van der Waals surface area contributed by atoms with Crippen molar-refractivity contribution < 1.29 is 4.74 Å². The van der Waals surface area contributed by atoms with Gasteiger partial charge >= 0.3 is 0 Å². The van der Waals surface area contributed by atoms with Gasteiger partial charge in [0.05, 0.1) is 12.7 Å². The van der Waals surface area contributed by atoms with Gasteiger partial charge in [-0.3, -0.25) is 4.90 Å². The zero-order valence-corrected chi connectivity index (χ0v) is 11.9. The summed E-state index contributed by atoms with van der Waals surface area (Å²) in [5.74, 6) is 0. The number of ether oxygens (including phenoxy) is 1. The number of nitrogens with zero attached hydrogens (tertiary/aromatic N) is 1. The van der Waals surface area contributed by atoms with Crippen LogP contribution < -0.4 is 0 Å². The van der Waals surface area contributed by atoms with Gasteiger partial charge in [-0.2, -0.15) is 0 Å². The van der Waals surface area contributed by atoms with Crippen molar-refractivity contribution in [3.63, 3.8) is 0 Å². The van der Waals surface area contributed by atoms with E-state index in [9.17, 15) is 0 Å². The monoisotopic (exact) mass is 267 g/mol. The van der Waals surface area contributed by atoms with Gasteiger partial charge in [-0.1, -0.05) is 60.7 Å². The van der Waals surface area contributed by atoms with Crippen molar-refractivity contribution in [2.75, 3.05) is 6.61 Å². The molecule has 1 fully saturated rings. The van der Waals surface area contributed by atoms with Crippen molar-refractivity contribution in [1.29, 1.82) is 0 Å². The molecule has 1 aliphatic rings. The molecule has 2 aromatic rings. The van der Waals surface area contributed by atoms with E-state index >= 15 is 0 Å². The van der Waals surface area contributed by atoms with Crippen LogP contribution in [-0.4, -0.2) is 23.7 Å². The third-order valence-corrected chi connectivity index (χ3v) is 3.93. The minimum Gasteiger partial charge on any atom is -0.371 e. The Morgan fingerprint density at radius 2 is 1.40 bits per heavy atom. The fourth-order valence-electron chi connectivity index (χ4n) is 2.55. The van der Waals surface area contributed by atoms with E-state index in [1.165, 1.54) is 11.1 Å². The molecule has 1 saturated heterocycles. The number of hydrogen-bond donors (Lipinski definition) is 0. The summed E-state index contributed by atoms with van der Waals surface area (Å²) in [5.41, 5.74) is 2.71. The van der Waals surface area contributed by atoms with Crippen LogP contribution in [0.1, 0.15) is 18.1 Å². The Kier molecular flexibility index (Phi) is 4.14. The highest BCUT2D eigenvalue weighted by Crippen LogP contribution is 2.22. The smallest absolute Gasteiger partial charge is 0.0962 e. The highest BCUT2D eigenvalue weighted by atomic mass is 16.6. The van der Waals surface area contributed by atoms with Crippen LogP contribution >= 0.6 is 0 Å². The van der Waals surface area contributed by atoms with Gasteiger partial charge in [-0.25, -0.2) is 0 Å². The van der Waals surface area contributed by atoms with Crippen LogP contribution in [0.4, 0.5) is 0 Å². The zero-order chi connectivity index (χ0) is 13.8. The molecule has 1 aliphatic heterocycles. The standard InChI is InChI=1S/C18H21NO/c1-15(18-14-20-18)19(12-16-8-4-2-5-9-16)13-17-10-6-3-7-11-17/h2-11,15,18H,12-14H2,1H3/t15-,18+/m0/s1. The van der Waals surface area contributed by atoms with Crippen molar-refractivity contribution in [2.45, 2.75) is 32.2 Å². The number of rotatable bonds is 6. The lowest BCUT2D eigenvalue weighted by Crippen LogP contribution is -2.36. The fourth-order valence-corrected chi connectivity index (χ4v) is 2.55. The van der Waals surface area contributed by atoms with Crippen LogP contribution in [-0.2, 0) is 17.8 Å². The van der Waals surface area contributed by atoms with Crippen molar-refractivity contribution in [2.24, 2.45) is 0 Å². The molecule has 0 aliphatic carbocycles. The maximum absolute atomic E-state index is 5.48. The SMILES string of the molecule is C[C@@H]([C@H]1CO1)N(Cc1ccccc1)Cc1ccccc1. The maximum Gasteiger partial charge on any atom is 0.0962 e. The molecule has 0 spiro atoms. The van der Waals surface area contributed by atoms with Crippen molar-refractivity contribution >= 4 is 0 Å². The number of epoxide rings is 1. The molecule has 0 saturated carbocycles. The summed E-state index contributed by atoms with van der Waals surface area (Å²) in [6.07, 6.45) is 0.405. The molecule has 2 atom stereocenters. The highest BCUT2D eigenvalue weighted by Gasteiger charge is 2.33. The Morgan fingerprint density at radius 3 is 1.80 bits per heavy atom. The summed E-state index contributed by atoms with van der Waals surface area (Å²) in [4.78, 5) is 2.50. The Balaban J connectivity index is 1.73. The maximum atomic E-state index is 5.48. The molecule has 0 unspecified atom stereocenters. The molecular weight excluding hydrogens is 246 g/mol. The topological polar surface area (TPSA) is 15.8 Å². The zero-order valence-electron chi connectivity index (χ0n) is 11.9. The Morgan fingerprint density at radius 1 is 0.950 bits per heavy atom. The van der Waals surface area contributed by atoms with Crippen LogP contribution in [0.5, 0.6) is 0 Å². The van der Waals surface area contributed by atoms with E-state index in [1.54, 1.807) is 0 Å². The molecule has 2 nitrogen and oxygen atoms in total. The fraction of sp³-hybridized carbons (Fsp3) is 0.333. The van der Waals surface area contributed by atoms with Gasteiger partial charge in [0.2, 0.25) is 0 Å². The van der Waals surface area contributed by atoms with Gasteiger partial charge in [-0.05, 0) is 18.1 Å². The lowest BCUT2D eigenvalue weighted by atomic mass is 10.1. The molecule has 0 aromatic heterocycles. The van der Waals surface area contributed by atoms with Crippen LogP contribution in [0, 0.1) is 0 Å². The molecule has 0 radical (unpaired) electrons. The van der Waals surface area contributed by atoms with E-state index in [0.29, 0.717) is 12.1 Å². The minimum atomic E-state index is 0.405. The molecule has 3 rings (SSSR count). The van der Waals surface area contributed by atoms with Crippen LogP contribution in [0.2, 0.25) is 0 Å². The van der Waals surface area contributed by atoms with E-state index in [4.69, 9.17) is 4.74 Å².